The van der Waals surface area contributed by atoms with Crippen molar-refractivity contribution in [3.05, 3.63) is 211 Å². The molecule has 0 bridgehead atoms. The number of anilines is 3. The fourth-order valence-electron chi connectivity index (χ4n) is 9.33. The molecule has 9 aromatic carbocycles. The lowest BCUT2D eigenvalue weighted by molar-refractivity contribution is 0.660. The van der Waals surface area contributed by atoms with Crippen LogP contribution in [0.5, 0.6) is 0 Å². The number of hydrogen-bond acceptors (Lipinski definition) is 2. The summed E-state index contributed by atoms with van der Waals surface area (Å²) in [5, 5.41) is 5.14. The number of hydrogen-bond donors (Lipinski definition) is 0. The molecule has 0 saturated carbocycles. The second-order valence-electron chi connectivity index (χ2n) is 15.7. The minimum absolute atomic E-state index is 0.118. The van der Waals surface area contributed by atoms with E-state index >= 15 is 0 Å². The van der Waals surface area contributed by atoms with Gasteiger partial charge in [-0.2, -0.15) is 0 Å². The number of nitrogens with zero attached hydrogens (tertiary/aromatic N) is 1. The third-order valence-corrected chi connectivity index (χ3v) is 13.2. The Hall–Kier alpha value is -6.74. The summed E-state index contributed by atoms with van der Waals surface area (Å²) in [4.78, 5) is 2.45. The minimum Gasteiger partial charge on any atom is -0.310 e. The van der Waals surface area contributed by atoms with Crippen LogP contribution in [0, 0.1) is 0 Å². The first-order valence-corrected chi connectivity index (χ1v) is 20.6. The number of thiophene rings is 1. The zero-order valence-electron chi connectivity index (χ0n) is 31.9. The van der Waals surface area contributed by atoms with Crippen molar-refractivity contribution < 1.29 is 0 Å². The van der Waals surface area contributed by atoms with Gasteiger partial charge in [0.1, 0.15) is 0 Å². The summed E-state index contributed by atoms with van der Waals surface area (Å²) in [5.74, 6) is 0. The van der Waals surface area contributed by atoms with Crippen molar-refractivity contribution in [1.29, 1.82) is 0 Å². The molecule has 1 aliphatic carbocycles. The van der Waals surface area contributed by atoms with Crippen LogP contribution in [0.25, 0.3) is 75.5 Å². The first-order valence-electron chi connectivity index (χ1n) is 19.8. The quantitative estimate of drug-likeness (QED) is 0.164. The van der Waals surface area contributed by atoms with Crippen molar-refractivity contribution in [1.82, 2.24) is 0 Å². The first kappa shape index (κ1) is 33.6. The van der Waals surface area contributed by atoms with Crippen molar-refractivity contribution in [2.45, 2.75) is 19.3 Å². The minimum atomic E-state index is -0.118. The topological polar surface area (TPSA) is 3.24 Å². The van der Waals surface area contributed by atoms with Crippen molar-refractivity contribution in [3.63, 3.8) is 0 Å². The molecule has 2 heteroatoms. The van der Waals surface area contributed by atoms with Gasteiger partial charge in [-0.15, -0.1) is 11.3 Å². The fourth-order valence-corrected chi connectivity index (χ4v) is 10.4. The molecule has 1 aliphatic rings. The molecule has 11 rings (SSSR count). The number of rotatable bonds is 6. The normalized spacial score (nSPS) is 12.9. The molecule has 0 amide bonds. The third-order valence-electron chi connectivity index (χ3n) is 12.1. The van der Waals surface area contributed by atoms with Crippen molar-refractivity contribution in [2.75, 3.05) is 4.90 Å². The zero-order chi connectivity index (χ0) is 38.1. The number of benzene rings is 9. The van der Waals surface area contributed by atoms with Crippen LogP contribution in [-0.4, -0.2) is 0 Å². The Bertz CT molecular complexity index is 3160. The molecule has 0 N–H and O–H groups in total. The van der Waals surface area contributed by atoms with Gasteiger partial charge in [0.25, 0.3) is 0 Å². The van der Waals surface area contributed by atoms with E-state index in [2.05, 4.69) is 219 Å². The monoisotopic (exact) mass is 745 g/mol. The second kappa shape index (κ2) is 13.2. The highest BCUT2D eigenvalue weighted by atomic mass is 32.1. The van der Waals surface area contributed by atoms with Crippen LogP contribution in [0.1, 0.15) is 25.0 Å². The average molecular weight is 746 g/mol. The van der Waals surface area contributed by atoms with Gasteiger partial charge in [0, 0.05) is 42.6 Å². The molecule has 0 aliphatic heterocycles. The maximum atomic E-state index is 2.45. The Morgan fingerprint density at radius 1 is 0.386 bits per heavy atom. The Kier molecular flexibility index (Phi) is 7.77. The molecule has 10 aromatic rings. The van der Waals surface area contributed by atoms with E-state index in [0.29, 0.717) is 0 Å². The van der Waals surface area contributed by atoms with Gasteiger partial charge in [0.15, 0.2) is 0 Å². The molecule has 0 atom stereocenters. The summed E-state index contributed by atoms with van der Waals surface area (Å²) in [5.41, 5.74) is 16.0. The molecule has 0 saturated heterocycles. The van der Waals surface area contributed by atoms with E-state index in [1.807, 2.05) is 11.3 Å². The van der Waals surface area contributed by atoms with E-state index in [1.165, 1.54) is 86.6 Å². The van der Waals surface area contributed by atoms with Gasteiger partial charge in [0.2, 0.25) is 0 Å². The molecule has 270 valence electrons. The summed E-state index contributed by atoms with van der Waals surface area (Å²) in [6.07, 6.45) is 0. The highest BCUT2D eigenvalue weighted by Crippen LogP contribution is 2.52. The highest BCUT2D eigenvalue weighted by Gasteiger charge is 2.35. The average Bonchev–Trinajstić information content (AvgIpc) is 3.75. The van der Waals surface area contributed by atoms with Gasteiger partial charge < -0.3 is 4.90 Å². The van der Waals surface area contributed by atoms with E-state index in [-0.39, 0.29) is 5.41 Å². The molecule has 0 fully saturated rings. The van der Waals surface area contributed by atoms with Gasteiger partial charge in [-0.25, -0.2) is 0 Å². The first-order chi connectivity index (χ1) is 28.0. The SMILES string of the molecule is CC1(C)c2ccccc2-c2ccc(N(c3cccc(-c4ccccc4)c3)c3cccc(-c4ccc5sc6ccccc6c5c4-c4cccc5ccccc45)c3)cc21. The van der Waals surface area contributed by atoms with E-state index in [4.69, 9.17) is 0 Å². The second-order valence-corrected chi connectivity index (χ2v) is 16.8. The van der Waals surface area contributed by atoms with Crippen LogP contribution < -0.4 is 4.90 Å². The van der Waals surface area contributed by atoms with Crippen molar-refractivity contribution in [3.8, 4) is 44.5 Å². The lowest BCUT2D eigenvalue weighted by atomic mass is 9.82. The molecule has 1 aromatic heterocycles. The van der Waals surface area contributed by atoms with Crippen LogP contribution in [-0.2, 0) is 5.41 Å². The van der Waals surface area contributed by atoms with E-state index in [1.54, 1.807) is 0 Å². The van der Waals surface area contributed by atoms with Crippen molar-refractivity contribution >= 4 is 59.3 Å². The highest BCUT2D eigenvalue weighted by molar-refractivity contribution is 7.26. The molecule has 1 nitrogen and oxygen atoms in total. The Morgan fingerprint density at radius 3 is 1.84 bits per heavy atom. The van der Waals surface area contributed by atoms with Gasteiger partial charge >= 0.3 is 0 Å². The smallest absolute Gasteiger partial charge is 0.0467 e. The molecule has 0 radical (unpaired) electrons. The van der Waals surface area contributed by atoms with Crippen LogP contribution in [0.3, 0.4) is 0 Å². The maximum Gasteiger partial charge on any atom is 0.0467 e. The summed E-state index contributed by atoms with van der Waals surface area (Å²) < 4.78 is 2.62. The van der Waals surface area contributed by atoms with Crippen LogP contribution in [0.2, 0.25) is 0 Å². The molecule has 0 spiro atoms. The van der Waals surface area contributed by atoms with E-state index < -0.39 is 0 Å². The van der Waals surface area contributed by atoms with Crippen LogP contribution >= 0.6 is 11.3 Å². The Labute approximate surface area is 337 Å². The number of fused-ring (bicyclic) bond motifs is 7. The van der Waals surface area contributed by atoms with E-state index in [9.17, 15) is 0 Å². The fraction of sp³-hybridized carbons (Fsp3) is 0.0545. The molecular formula is C55H39NS. The Morgan fingerprint density at radius 2 is 0.982 bits per heavy atom. The summed E-state index contributed by atoms with van der Waals surface area (Å²) >= 11 is 1.88. The summed E-state index contributed by atoms with van der Waals surface area (Å²) in [6, 6.07) is 73.9. The molecule has 0 unspecified atom stereocenters. The standard InChI is InChI=1S/C55H39NS/c1-55(2)49-27-10-8-24-45(49)46-30-29-42(35-50(46)55)56(40-21-12-19-38(33-40)36-15-4-3-5-16-36)41-22-13-20-39(34-41)44-31-32-52-54(48-25-9-11-28-51(48)57-52)53(44)47-26-14-18-37-17-6-7-23-43(37)47/h3-35H,1-2H3. The van der Waals surface area contributed by atoms with Gasteiger partial charge in [0.05, 0.1) is 0 Å². The predicted octanol–water partition coefficient (Wildman–Crippen LogP) is 16.0. The molecule has 1 heterocycles. The Balaban J connectivity index is 1.15. The predicted molar refractivity (Wildman–Crippen MR) is 245 cm³/mol. The molecular weight excluding hydrogens is 707 g/mol. The summed E-state index contributed by atoms with van der Waals surface area (Å²) in [6.45, 7) is 4.73. The van der Waals surface area contributed by atoms with Crippen LogP contribution in [0.15, 0.2) is 200 Å². The van der Waals surface area contributed by atoms with Gasteiger partial charge in [-0.05, 0) is 115 Å². The zero-order valence-corrected chi connectivity index (χ0v) is 32.7. The maximum absolute atomic E-state index is 2.45. The van der Waals surface area contributed by atoms with Gasteiger partial charge in [-0.1, -0.05) is 166 Å². The lowest BCUT2D eigenvalue weighted by Gasteiger charge is -2.29. The third kappa shape index (κ3) is 5.44. The largest absolute Gasteiger partial charge is 0.310 e. The van der Waals surface area contributed by atoms with E-state index in [0.717, 1.165) is 17.1 Å². The van der Waals surface area contributed by atoms with Crippen LogP contribution in [0.4, 0.5) is 17.1 Å². The molecule has 57 heavy (non-hydrogen) atoms. The van der Waals surface area contributed by atoms with Gasteiger partial charge in [-0.3, -0.25) is 0 Å². The lowest BCUT2D eigenvalue weighted by Crippen LogP contribution is -2.16. The summed E-state index contributed by atoms with van der Waals surface area (Å²) in [7, 11) is 0. The van der Waals surface area contributed by atoms with Crippen molar-refractivity contribution in [2.24, 2.45) is 0 Å².